The highest BCUT2D eigenvalue weighted by Crippen LogP contribution is 2.24. The molecule has 6 rings (SSSR count). The molecule has 0 N–H and O–H groups in total. The van der Waals surface area contributed by atoms with Gasteiger partial charge in [0.25, 0.3) is 0 Å². The molecule has 0 aromatic heterocycles. The minimum atomic E-state index is -0.720. The van der Waals surface area contributed by atoms with Gasteiger partial charge in [0, 0.05) is 90.6 Å². The van der Waals surface area contributed by atoms with E-state index in [1.54, 1.807) is 17.9 Å². The minimum Gasteiger partial charge on any atom is -0.368 e. The number of nitrogens with zero attached hydrogens (tertiary/aromatic N) is 6. The maximum absolute atomic E-state index is 14.7. The van der Waals surface area contributed by atoms with Gasteiger partial charge < -0.3 is 19.6 Å². The quantitative estimate of drug-likeness (QED) is 0.162. The highest BCUT2D eigenvalue weighted by atomic mass is 16.2. The maximum Gasteiger partial charge on any atom is 0.247 e. The van der Waals surface area contributed by atoms with Gasteiger partial charge in [-0.1, -0.05) is 99.6 Å². The van der Waals surface area contributed by atoms with Crippen molar-refractivity contribution in [2.75, 3.05) is 57.3 Å². The fourth-order valence-electron chi connectivity index (χ4n) is 7.44. The predicted octanol–water partition coefficient (Wildman–Crippen LogP) is 6.52. The van der Waals surface area contributed by atoms with E-state index in [1.165, 1.54) is 5.56 Å². The molecule has 3 amide bonds. The number of hydrogen-bond acceptors (Lipinski definition) is 6. The van der Waals surface area contributed by atoms with Crippen LogP contribution >= 0.6 is 0 Å². The number of benzene rings is 4. The van der Waals surface area contributed by atoms with Crippen LogP contribution < -0.4 is 4.90 Å². The lowest BCUT2D eigenvalue weighted by molar-refractivity contribution is -0.145. The molecular formula is C47H54N6O3. The SMILES string of the molecule is CC(=O)N1CCN(c2ccc(CN(C(=O)/C=C/c3ccc(C(C)(C)C)cc3)C(Cc3ccccc3)C(=O)N3CCN(Cc4ccc(C#N)cc4)CC3)cc2)CC1. The smallest absolute Gasteiger partial charge is 0.247 e. The monoisotopic (exact) mass is 750 g/mol. The first-order valence-corrected chi connectivity index (χ1v) is 19.7. The van der Waals surface area contributed by atoms with Crippen molar-refractivity contribution >= 4 is 29.5 Å². The fourth-order valence-corrected chi connectivity index (χ4v) is 7.44. The van der Waals surface area contributed by atoms with Crippen molar-refractivity contribution in [1.82, 2.24) is 19.6 Å². The van der Waals surface area contributed by atoms with Gasteiger partial charge >= 0.3 is 0 Å². The summed E-state index contributed by atoms with van der Waals surface area (Å²) in [5.41, 5.74) is 6.93. The molecule has 2 heterocycles. The normalized spacial score (nSPS) is 15.7. The number of hydrogen-bond donors (Lipinski definition) is 0. The lowest BCUT2D eigenvalue weighted by atomic mass is 9.87. The van der Waals surface area contributed by atoms with E-state index in [1.807, 2.05) is 94.7 Å². The van der Waals surface area contributed by atoms with Crippen molar-refractivity contribution in [3.05, 3.63) is 143 Å². The van der Waals surface area contributed by atoms with Crippen molar-refractivity contribution in [3.63, 3.8) is 0 Å². The van der Waals surface area contributed by atoms with Crippen molar-refractivity contribution in [1.29, 1.82) is 5.26 Å². The Morgan fingerprint density at radius 1 is 0.732 bits per heavy atom. The molecule has 4 aromatic rings. The molecule has 2 aliphatic heterocycles. The van der Waals surface area contributed by atoms with Crippen LogP contribution in [0.1, 0.15) is 61.1 Å². The highest BCUT2D eigenvalue weighted by Gasteiger charge is 2.34. The molecule has 2 aliphatic rings. The summed E-state index contributed by atoms with van der Waals surface area (Å²) in [5, 5.41) is 9.18. The Kier molecular flexibility index (Phi) is 13.0. The largest absolute Gasteiger partial charge is 0.368 e. The van der Waals surface area contributed by atoms with E-state index in [0.717, 1.165) is 47.6 Å². The number of piperazine rings is 2. The van der Waals surface area contributed by atoms with E-state index in [9.17, 15) is 19.6 Å². The Morgan fingerprint density at radius 2 is 1.34 bits per heavy atom. The van der Waals surface area contributed by atoms with Crippen molar-refractivity contribution in [3.8, 4) is 6.07 Å². The Morgan fingerprint density at radius 3 is 1.93 bits per heavy atom. The Bertz CT molecular complexity index is 2000. The Hall–Kier alpha value is -5.72. The second-order valence-electron chi connectivity index (χ2n) is 15.9. The Labute approximate surface area is 332 Å². The maximum atomic E-state index is 14.7. The van der Waals surface area contributed by atoms with Gasteiger partial charge in [-0.3, -0.25) is 19.3 Å². The summed E-state index contributed by atoms with van der Waals surface area (Å²) in [6.07, 6.45) is 3.84. The topological polar surface area (TPSA) is 91.2 Å². The van der Waals surface area contributed by atoms with Crippen LogP contribution in [-0.2, 0) is 39.3 Å². The molecule has 1 unspecified atom stereocenters. The first-order valence-electron chi connectivity index (χ1n) is 19.7. The zero-order valence-electron chi connectivity index (χ0n) is 33.2. The zero-order valence-corrected chi connectivity index (χ0v) is 33.2. The molecule has 290 valence electrons. The van der Waals surface area contributed by atoms with Crippen LogP contribution in [0, 0.1) is 11.3 Å². The minimum absolute atomic E-state index is 0.0213. The van der Waals surface area contributed by atoms with Gasteiger partial charge in [0.2, 0.25) is 17.7 Å². The molecule has 0 aliphatic carbocycles. The summed E-state index contributed by atoms with van der Waals surface area (Å²) in [4.78, 5) is 51.2. The summed E-state index contributed by atoms with van der Waals surface area (Å²) >= 11 is 0. The standard InChI is InChI=1S/C47H54N6O3/c1-36(54)50-28-30-51(31-29-50)43-21-16-41(17-22-43)35-53(45(55)23-18-37-14-19-42(20-15-37)47(2,3)4)44(32-38-8-6-5-7-9-38)46(56)52-26-24-49(25-27-52)34-40-12-10-39(33-48)11-13-40/h5-23,44H,24-32,34-35H2,1-4H3/b23-18+. The average molecular weight is 751 g/mol. The van der Waals surface area contributed by atoms with Gasteiger partial charge in [-0.05, 0) is 63.6 Å². The lowest BCUT2D eigenvalue weighted by Crippen LogP contribution is -2.56. The number of anilines is 1. The molecule has 9 heteroatoms. The third-order valence-electron chi connectivity index (χ3n) is 11.0. The first-order chi connectivity index (χ1) is 27.0. The highest BCUT2D eigenvalue weighted by molar-refractivity contribution is 5.96. The molecule has 4 aromatic carbocycles. The van der Waals surface area contributed by atoms with Crippen molar-refractivity contribution in [2.45, 2.75) is 58.7 Å². The summed E-state index contributed by atoms with van der Waals surface area (Å²) in [5.74, 6) is -0.170. The van der Waals surface area contributed by atoms with E-state index in [0.29, 0.717) is 51.3 Å². The molecule has 0 bridgehead atoms. The van der Waals surface area contributed by atoms with E-state index in [4.69, 9.17) is 0 Å². The average Bonchev–Trinajstić information content (AvgIpc) is 3.22. The van der Waals surface area contributed by atoms with Gasteiger partial charge in [0.1, 0.15) is 6.04 Å². The molecule has 0 spiro atoms. The summed E-state index contributed by atoms with van der Waals surface area (Å²) in [6, 6.07) is 35.6. The summed E-state index contributed by atoms with van der Waals surface area (Å²) in [7, 11) is 0. The molecular weight excluding hydrogens is 697 g/mol. The molecule has 2 saturated heterocycles. The van der Waals surface area contributed by atoms with Crippen LogP contribution in [0.5, 0.6) is 0 Å². The van der Waals surface area contributed by atoms with Crippen molar-refractivity contribution < 1.29 is 14.4 Å². The molecule has 1 atom stereocenters. The summed E-state index contributed by atoms with van der Waals surface area (Å²) in [6.45, 7) is 14.6. The van der Waals surface area contributed by atoms with Crippen LogP contribution in [0.3, 0.4) is 0 Å². The van der Waals surface area contributed by atoms with E-state index >= 15 is 0 Å². The van der Waals surface area contributed by atoms with Gasteiger partial charge in [-0.15, -0.1) is 0 Å². The molecule has 0 radical (unpaired) electrons. The molecule has 2 fully saturated rings. The van der Waals surface area contributed by atoms with Gasteiger partial charge in [0.05, 0.1) is 11.6 Å². The predicted molar refractivity (Wildman–Crippen MR) is 223 cm³/mol. The van der Waals surface area contributed by atoms with Crippen LogP contribution in [0.15, 0.2) is 109 Å². The molecule has 0 saturated carbocycles. The molecule has 56 heavy (non-hydrogen) atoms. The van der Waals surface area contributed by atoms with E-state index in [2.05, 4.69) is 60.9 Å². The van der Waals surface area contributed by atoms with Gasteiger partial charge in [-0.25, -0.2) is 0 Å². The van der Waals surface area contributed by atoms with Gasteiger partial charge in [-0.2, -0.15) is 5.26 Å². The van der Waals surface area contributed by atoms with Crippen molar-refractivity contribution in [2.24, 2.45) is 0 Å². The fraction of sp³-hybridized carbons (Fsp3) is 0.362. The van der Waals surface area contributed by atoms with Crippen LogP contribution in [0.4, 0.5) is 5.69 Å². The number of rotatable bonds is 11. The second kappa shape index (κ2) is 18.3. The number of amides is 3. The van der Waals surface area contributed by atoms with E-state index in [-0.39, 0.29) is 29.7 Å². The lowest BCUT2D eigenvalue weighted by Gasteiger charge is -2.39. The molecule has 9 nitrogen and oxygen atoms in total. The zero-order chi connectivity index (χ0) is 39.7. The van der Waals surface area contributed by atoms with E-state index < -0.39 is 6.04 Å². The third kappa shape index (κ3) is 10.5. The second-order valence-corrected chi connectivity index (χ2v) is 15.9. The number of nitriles is 1. The Balaban J connectivity index is 1.24. The number of carbonyl (C=O) groups excluding carboxylic acids is 3. The summed E-state index contributed by atoms with van der Waals surface area (Å²) < 4.78 is 0. The van der Waals surface area contributed by atoms with Crippen LogP contribution in [0.2, 0.25) is 0 Å². The van der Waals surface area contributed by atoms with Crippen LogP contribution in [0.25, 0.3) is 6.08 Å². The van der Waals surface area contributed by atoms with Gasteiger partial charge in [0.15, 0.2) is 0 Å². The first kappa shape index (κ1) is 40.0. The van der Waals surface area contributed by atoms with Crippen LogP contribution in [-0.4, -0.2) is 95.7 Å². The number of carbonyl (C=O) groups is 3. The third-order valence-corrected chi connectivity index (χ3v) is 11.0.